The smallest absolute Gasteiger partial charge is 0.0767 e. The lowest BCUT2D eigenvalue weighted by molar-refractivity contribution is 0.623. The zero-order valence-electron chi connectivity index (χ0n) is 10.0. The Labute approximate surface area is 114 Å². The molecule has 0 amide bonds. The fraction of sp³-hybridized carbons (Fsp3) is 0.417. The number of aromatic nitrogens is 2. The van der Waals surface area contributed by atoms with Crippen molar-refractivity contribution in [3.63, 3.8) is 0 Å². The van der Waals surface area contributed by atoms with Gasteiger partial charge in [-0.1, -0.05) is 6.92 Å². The molecule has 2 rings (SSSR count). The van der Waals surface area contributed by atoms with E-state index in [2.05, 4.69) is 50.1 Å². The molecule has 0 atom stereocenters. The summed E-state index contributed by atoms with van der Waals surface area (Å²) in [4.78, 5) is 0. The van der Waals surface area contributed by atoms with Gasteiger partial charge in [-0.3, -0.25) is 4.68 Å². The molecule has 92 valence electrons. The standard InChI is InChI=1S/C12H16BrN3S/c1-3-10-12(13)11(16(2)15-10)7-14-6-9-4-5-17-8-9/h4-5,8,14H,3,6-7H2,1-2H3. The molecule has 0 fully saturated rings. The average molecular weight is 314 g/mol. The molecule has 17 heavy (non-hydrogen) atoms. The first kappa shape index (κ1) is 12.8. The van der Waals surface area contributed by atoms with Gasteiger partial charge in [0.05, 0.1) is 15.9 Å². The van der Waals surface area contributed by atoms with Crippen molar-refractivity contribution in [2.75, 3.05) is 0 Å². The van der Waals surface area contributed by atoms with Gasteiger partial charge in [-0.25, -0.2) is 0 Å². The Morgan fingerprint density at radius 2 is 2.29 bits per heavy atom. The summed E-state index contributed by atoms with van der Waals surface area (Å²) in [6.45, 7) is 3.86. The second kappa shape index (κ2) is 5.80. The van der Waals surface area contributed by atoms with E-state index in [9.17, 15) is 0 Å². The van der Waals surface area contributed by atoms with E-state index in [-0.39, 0.29) is 0 Å². The summed E-state index contributed by atoms with van der Waals surface area (Å²) >= 11 is 5.35. The number of nitrogens with zero attached hydrogens (tertiary/aromatic N) is 2. The number of rotatable bonds is 5. The maximum atomic E-state index is 4.48. The molecular formula is C12H16BrN3S. The van der Waals surface area contributed by atoms with E-state index in [1.54, 1.807) is 11.3 Å². The van der Waals surface area contributed by atoms with Crippen LogP contribution in [0.25, 0.3) is 0 Å². The molecule has 1 N–H and O–H groups in total. The molecule has 0 aliphatic carbocycles. The molecule has 2 aromatic rings. The Morgan fingerprint density at radius 3 is 2.88 bits per heavy atom. The first-order valence-electron chi connectivity index (χ1n) is 5.64. The topological polar surface area (TPSA) is 29.9 Å². The SMILES string of the molecule is CCc1nn(C)c(CNCc2ccsc2)c1Br. The molecule has 3 nitrogen and oxygen atoms in total. The third kappa shape index (κ3) is 2.97. The maximum absolute atomic E-state index is 4.48. The summed E-state index contributed by atoms with van der Waals surface area (Å²) in [6.07, 6.45) is 0.957. The van der Waals surface area contributed by atoms with Crippen molar-refractivity contribution in [1.82, 2.24) is 15.1 Å². The van der Waals surface area contributed by atoms with E-state index in [0.29, 0.717) is 0 Å². The highest BCUT2D eigenvalue weighted by Crippen LogP contribution is 2.21. The molecular weight excluding hydrogens is 298 g/mol. The van der Waals surface area contributed by atoms with Crippen molar-refractivity contribution in [3.05, 3.63) is 38.3 Å². The highest BCUT2D eigenvalue weighted by molar-refractivity contribution is 9.10. The van der Waals surface area contributed by atoms with E-state index in [4.69, 9.17) is 0 Å². The van der Waals surface area contributed by atoms with Gasteiger partial charge in [-0.2, -0.15) is 16.4 Å². The molecule has 0 bridgehead atoms. The predicted molar refractivity (Wildman–Crippen MR) is 75.1 cm³/mol. The van der Waals surface area contributed by atoms with Crippen LogP contribution in [-0.4, -0.2) is 9.78 Å². The van der Waals surface area contributed by atoms with E-state index in [1.807, 2.05) is 11.7 Å². The minimum absolute atomic E-state index is 0.833. The van der Waals surface area contributed by atoms with Crippen LogP contribution in [0.1, 0.15) is 23.9 Å². The normalized spacial score (nSPS) is 11.0. The third-order valence-corrected chi connectivity index (χ3v) is 4.35. The summed E-state index contributed by atoms with van der Waals surface area (Å²) in [5.41, 5.74) is 3.67. The van der Waals surface area contributed by atoms with Crippen LogP contribution in [0.3, 0.4) is 0 Å². The number of hydrogen-bond donors (Lipinski definition) is 1. The van der Waals surface area contributed by atoms with Crippen molar-refractivity contribution in [1.29, 1.82) is 0 Å². The minimum Gasteiger partial charge on any atom is -0.307 e. The minimum atomic E-state index is 0.833. The van der Waals surface area contributed by atoms with Gasteiger partial charge in [0.15, 0.2) is 0 Å². The van der Waals surface area contributed by atoms with Crippen LogP contribution >= 0.6 is 27.3 Å². The molecule has 5 heteroatoms. The summed E-state index contributed by atoms with van der Waals surface area (Å²) < 4.78 is 3.09. The Kier molecular flexibility index (Phi) is 4.36. The van der Waals surface area contributed by atoms with Gasteiger partial charge in [0, 0.05) is 20.1 Å². The first-order chi connectivity index (χ1) is 8.22. The Balaban J connectivity index is 1.97. The monoisotopic (exact) mass is 313 g/mol. The van der Waals surface area contributed by atoms with Crippen molar-refractivity contribution in [2.45, 2.75) is 26.4 Å². The molecule has 0 aliphatic rings. The zero-order chi connectivity index (χ0) is 12.3. The summed E-state index contributed by atoms with van der Waals surface area (Å²) in [5, 5.41) is 12.2. The van der Waals surface area contributed by atoms with Crippen LogP contribution in [0, 0.1) is 0 Å². The van der Waals surface area contributed by atoms with Crippen LogP contribution in [0.4, 0.5) is 0 Å². The van der Waals surface area contributed by atoms with Gasteiger partial charge < -0.3 is 5.32 Å². The van der Waals surface area contributed by atoms with E-state index in [1.165, 1.54) is 11.3 Å². The summed E-state index contributed by atoms with van der Waals surface area (Å²) in [5.74, 6) is 0. The fourth-order valence-corrected chi connectivity index (χ4v) is 3.16. The van der Waals surface area contributed by atoms with Gasteiger partial charge in [-0.15, -0.1) is 0 Å². The van der Waals surface area contributed by atoms with Crippen LogP contribution < -0.4 is 5.32 Å². The molecule has 2 heterocycles. The quantitative estimate of drug-likeness (QED) is 0.919. The fourth-order valence-electron chi connectivity index (χ4n) is 1.73. The van der Waals surface area contributed by atoms with Crippen molar-refractivity contribution < 1.29 is 0 Å². The van der Waals surface area contributed by atoms with Gasteiger partial charge in [0.1, 0.15) is 0 Å². The van der Waals surface area contributed by atoms with Gasteiger partial charge >= 0.3 is 0 Å². The van der Waals surface area contributed by atoms with Crippen LogP contribution in [0.15, 0.2) is 21.3 Å². The molecule has 0 radical (unpaired) electrons. The van der Waals surface area contributed by atoms with E-state index >= 15 is 0 Å². The zero-order valence-corrected chi connectivity index (χ0v) is 12.4. The Hall–Kier alpha value is -0.650. The largest absolute Gasteiger partial charge is 0.307 e. The Bertz CT molecular complexity index is 476. The second-order valence-electron chi connectivity index (χ2n) is 3.92. The summed E-state index contributed by atoms with van der Waals surface area (Å²) in [7, 11) is 1.99. The molecule has 0 spiro atoms. The lowest BCUT2D eigenvalue weighted by Gasteiger charge is -2.04. The van der Waals surface area contributed by atoms with Gasteiger partial charge in [-0.05, 0) is 44.7 Å². The second-order valence-corrected chi connectivity index (χ2v) is 5.49. The third-order valence-electron chi connectivity index (χ3n) is 2.70. The highest BCUT2D eigenvalue weighted by atomic mass is 79.9. The van der Waals surface area contributed by atoms with Crippen molar-refractivity contribution in [2.24, 2.45) is 7.05 Å². The number of aryl methyl sites for hydroxylation is 2. The van der Waals surface area contributed by atoms with Gasteiger partial charge in [0.2, 0.25) is 0 Å². The van der Waals surface area contributed by atoms with E-state index in [0.717, 1.165) is 29.7 Å². The summed E-state index contributed by atoms with van der Waals surface area (Å²) in [6, 6.07) is 2.15. The number of nitrogens with one attached hydrogen (secondary N) is 1. The van der Waals surface area contributed by atoms with Gasteiger partial charge in [0.25, 0.3) is 0 Å². The van der Waals surface area contributed by atoms with Crippen molar-refractivity contribution >= 4 is 27.3 Å². The molecule has 0 saturated heterocycles. The molecule has 2 aromatic heterocycles. The first-order valence-corrected chi connectivity index (χ1v) is 7.38. The highest BCUT2D eigenvalue weighted by Gasteiger charge is 2.11. The molecule has 0 unspecified atom stereocenters. The molecule has 0 saturated carbocycles. The number of thiophene rings is 1. The number of hydrogen-bond acceptors (Lipinski definition) is 3. The lowest BCUT2D eigenvalue weighted by Crippen LogP contribution is -2.15. The predicted octanol–water partition coefficient (Wildman–Crippen LogP) is 3.10. The van der Waals surface area contributed by atoms with Crippen LogP contribution in [0.5, 0.6) is 0 Å². The van der Waals surface area contributed by atoms with Crippen LogP contribution in [0.2, 0.25) is 0 Å². The Morgan fingerprint density at radius 1 is 1.47 bits per heavy atom. The lowest BCUT2D eigenvalue weighted by atomic mass is 10.3. The number of halogens is 1. The average Bonchev–Trinajstić information content (AvgIpc) is 2.91. The molecule has 0 aliphatic heterocycles. The van der Waals surface area contributed by atoms with Crippen molar-refractivity contribution in [3.8, 4) is 0 Å². The molecule has 0 aromatic carbocycles. The maximum Gasteiger partial charge on any atom is 0.0767 e. The van der Waals surface area contributed by atoms with Crippen LogP contribution in [-0.2, 0) is 26.6 Å². The van der Waals surface area contributed by atoms with E-state index < -0.39 is 0 Å².